The number of carbonyl (C=O) groups is 2. The molecule has 2 fully saturated rings. The normalized spacial score (nSPS) is 27.4. The van der Waals surface area contributed by atoms with Crippen molar-refractivity contribution in [2.45, 2.75) is 50.2 Å². The van der Waals surface area contributed by atoms with Gasteiger partial charge in [-0.2, -0.15) is 0 Å². The van der Waals surface area contributed by atoms with Crippen LogP contribution < -0.4 is 10.6 Å². The van der Waals surface area contributed by atoms with Crippen LogP contribution in [0.5, 0.6) is 0 Å². The number of nitrogens with zero attached hydrogens (tertiary/aromatic N) is 1. The van der Waals surface area contributed by atoms with Crippen LogP contribution in [-0.4, -0.2) is 29.3 Å². The first kappa shape index (κ1) is 22.0. The van der Waals surface area contributed by atoms with Crippen molar-refractivity contribution in [2.75, 3.05) is 11.9 Å². The van der Waals surface area contributed by atoms with Gasteiger partial charge in [-0.25, -0.2) is 0 Å². The van der Waals surface area contributed by atoms with Crippen molar-refractivity contribution in [3.05, 3.63) is 89.9 Å². The minimum Gasteiger partial charge on any atom is -0.472 e. The number of furan rings is 1. The van der Waals surface area contributed by atoms with Gasteiger partial charge in [-0.1, -0.05) is 49.2 Å². The molecule has 6 heteroatoms. The third-order valence-corrected chi connectivity index (χ3v) is 8.08. The Hall–Kier alpha value is -3.54. The third-order valence-electron chi connectivity index (χ3n) is 8.08. The summed E-state index contributed by atoms with van der Waals surface area (Å²) in [5.74, 6) is 0.164. The van der Waals surface area contributed by atoms with E-state index >= 15 is 0 Å². The van der Waals surface area contributed by atoms with Crippen LogP contribution in [-0.2, 0) is 4.79 Å². The summed E-state index contributed by atoms with van der Waals surface area (Å²) in [7, 11) is 0. The minimum atomic E-state index is -0.190. The largest absolute Gasteiger partial charge is 0.472 e. The van der Waals surface area contributed by atoms with Gasteiger partial charge >= 0.3 is 0 Å². The van der Waals surface area contributed by atoms with Crippen molar-refractivity contribution in [1.82, 2.24) is 10.2 Å². The zero-order chi connectivity index (χ0) is 23.8. The summed E-state index contributed by atoms with van der Waals surface area (Å²) < 4.78 is 5.40. The second kappa shape index (κ2) is 9.25. The van der Waals surface area contributed by atoms with E-state index in [1.807, 2.05) is 48.7 Å². The maximum atomic E-state index is 14.1. The quantitative estimate of drug-likeness (QED) is 0.542. The Balaban J connectivity index is 1.27. The lowest BCUT2D eigenvalue weighted by Crippen LogP contribution is -2.50. The molecule has 6 nitrogen and oxygen atoms in total. The summed E-state index contributed by atoms with van der Waals surface area (Å²) in [5.41, 5.74) is 4.02. The highest BCUT2D eigenvalue weighted by Gasteiger charge is 2.48. The topological polar surface area (TPSA) is 74.6 Å². The van der Waals surface area contributed by atoms with Crippen LogP contribution >= 0.6 is 0 Å². The molecule has 2 aliphatic heterocycles. The van der Waals surface area contributed by atoms with Crippen LogP contribution in [0.15, 0.2) is 77.6 Å². The highest BCUT2D eigenvalue weighted by molar-refractivity contribution is 5.94. The summed E-state index contributed by atoms with van der Waals surface area (Å²) in [5, 5.41) is 6.91. The SMILES string of the molecule is O=C(N[C@@H]1CCCC[C@@H]1C(=O)N1CC[C@H]2[C@H](c3ccoc3)Nc3ccccc3[C@@H]21)c1ccccc1. The average Bonchev–Trinajstić information content (AvgIpc) is 3.60. The Morgan fingerprint density at radius 1 is 0.943 bits per heavy atom. The summed E-state index contributed by atoms with van der Waals surface area (Å²) in [6, 6.07) is 19.6. The van der Waals surface area contributed by atoms with Gasteiger partial charge in [-0.05, 0) is 49.1 Å². The molecule has 3 aromatic rings. The number of benzene rings is 2. The van der Waals surface area contributed by atoms with E-state index in [9.17, 15) is 9.59 Å². The van der Waals surface area contributed by atoms with Crippen molar-refractivity contribution in [1.29, 1.82) is 0 Å². The second-order valence-electron chi connectivity index (χ2n) is 10.0. The Kier molecular flexibility index (Phi) is 5.80. The van der Waals surface area contributed by atoms with Gasteiger partial charge in [-0.3, -0.25) is 9.59 Å². The number of fused-ring (bicyclic) bond motifs is 3. The molecular formula is C29H31N3O3. The van der Waals surface area contributed by atoms with Gasteiger partial charge in [-0.15, -0.1) is 0 Å². The zero-order valence-electron chi connectivity index (χ0n) is 19.7. The predicted octanol–water partition coefficient (Wildman–Crippen LogP) is 5.32. The fourth-order valence-electron chi connectivity index (χ4n) is 6.41. The molecule has 2 N–H and O–H groups in total. The maximum Gasteiger partial charge on any atom is 0.251 e. The molecule has 0 spiro atoms. The van der Waals surface area contributed by atoms with E-state index < -0.39 is 0 Å². The van der Waals surface area contributed by atoms with Crippen LogP contribution in [0.25, 0.3) is 0 Å². The van der Waals surface area contributed by atoms with E-state index in [1.165, 1.54) is 5.56 Å². The van der Waals surface area contributed by atoms with Crippen LogP contribution in [0.1, 0.15) is 65.7 Å². The molecule has 0 bridgehead atoms. The standard InChI is InChI=1S/C29H31N3O3/c33-28(19-8-2-1-3-9-19)31-25-13-7-5-11-22(25)29(34)32-16-14-23-26(20-15-17-35-18-20)30-24-12-6-4-10-21(24)27(23)32/h1-4,6,8-10,12,15,17-18,22-23,25-27,30H,5,7,11,13-14,16H2,(H,31,33)/t22-,23-,25+,26-,27-/m0/s1. The summed E-state index contributed by atoms with van der Waals surface area (Å²) >= 11 is 0. The lowest BCUT2D eigenvalue weighted by molar-refractivity contribution is -0.138. The Bertz CT molecular complexity index is 1190. The average molecular weight is 470 g/mol. The molecule has 180 valence electrons. The van der Waals surface area contributed by atoms with E-state index in [0.717, 1.165) is 49.9 Å². The van der Waals surface area contributed by atoms with E-state index in [4.69, 9.17) is 4.42 Å². The van der Waals surface area contributed by atoms with Crippen molar-refractivity contribution in [3.63, 3.8) is 0 Å². The van der Waals surface area contributed by atoms with Crippen LogP contribution in [0.3, 0.4) is 0 Å². The molecule has 3 aliphatic rings. The maximum absolute atomic E-state index is 14.1. The van der Waals surface area contributed by atoms with Gasteiger partial charge in [0.05, 0.1) is 30.5 Å². The number of hydrogen-bond acceptors (Lipinski definition) is 4. The smallest absolute Gasteiger partial charge is 0.251 e. The lowest BCUT2D eigenvalue weighted by Gasteiger charge is -2.41. The fraction of sp³-hybridized carbons (Fsp3) is 0.379. The number of carbonyl (C=O) groups excluding carboxylic acids is 2. The Labute approximate surface area is 205 Å². The second-order valence-corrected chi connectivity index (χ2v) is 10.0. The minimum absolute atomic E-state index is 0.0206. The molecule has 2 amide bonds. The number of nitrogens with one attached hydrogen (secondary N) is 2. The number of likely N-dealkylation sites (tertiary alicyclic amines) is 1. The molecule has 35 heavy (non-hydrogen) atoms. The number of amides is 2. The zero-order valence-corrected chi connectivity index (χ0v) is 19.7. The number of anilines is 1. The van der Waals surface area contributed by atoms with Gasteiger partial charge in [0.25, 0.3) is 5.91 Å². The molecule has 0 unspecified atom stereocenters. The van der Waals surface area contributed by atoms with E-state index in [-0.39, 0.29) is 41.8 Å². The molecule has 6 rings (SSSR count). The molecule has 1 aliphatic carbocycles. The van der Waals surface area contributed by atoms with E-state index in [1.54, 1.807) is 6.26 Å². The molecule has 5 atom stereocenters. The first-order chi connectivity index (χ1) is 17.2. The van der Waals surface area contributed by atoms with Crippen molar-refractivity contribution >= 4 is 17.5 Å². The summed E-state index contributed by atoms with van der Waals surface area (Å²) in [6.07, 6.45) is 8.16. The third kappa shape index (κ3) is 4.01. The Morgan fingerprint density at radius 3 is 2.57 bits per heavy atom. The van der Waals surface area contributed by atoms with Crippen LogP contribution in [0, 0.1) is 11.8 Å². The molecule has 1 saturated carbocycles. The fourth-order valence-corrected chi connectivity index (χ4v) is 6.41. The number of hydrogen-bond donors (Lipinski definition) is 2. The number of rotatable bonds is 4. The van der Waals surface area contributed by atoms with Gasteiger partial charge in [0.2, 0.25) is 5.91 Å². The molecule has 1 saturated heterocycles. The van der Waals surface area contributed by atoms with Crippen LogP contribution in [0.4, 0.5) is 5.69 Å². The molecule has 1 aromatic heterocycles. The molecule has 0 radical (unpaired) electrons. The predicted molar refractivity (Wildman–Crippen MR) is 134 cm³/mol. The number of para-hydroxylation sites is 1. The first-order valence-corrected chi connectivity index (χ1v) is 12.7. The molecular weight excluding hydrogens is 438 g/mol. The van der Waals surface area contributed by atoms with Crippen LogP contribution in [0.2, 0.25) is 0 Å². The summed E-state index contributed by atoms with van der Waals surface area (Å²) in [4.78, 5) is 29.1. The van der Waals surface area contributed by atoms with Gasteiger partial charge in [0.1, 0.15) is 0 Å². The lowest BCUT2D eigenvalue weighted by atomic mass is 9.79. The molecule has 2 aromatic carbocycles. The van der Waals surface area contributed by atoms with Crippen molar-refractivity contribution < 1.29 is 14.0 Å². The van der Waals surface area contributed by atoms with E-state index in [0.29, 0.717) is 5.56 Å². The monoisotopic (exact) mass is 469 g/mol. The van der Waals surface area contributed by atoms with E-state index in [2.05, 4.69) is 33.7 Å². The van der Waals surface area contributed by atoms with Gasteiger partial charge in [0.15, 0.2) is 0 Å². The highest BCUT2D eigenvalue weighted by atomic mass is 16.3. The van der Waals surface area contributed by atoms with Gasteiger partial charge < -0.3 is 20.0 Å². The van der Waals surface area contributed by atoms with Crippen molar-refractivity contribution in [3.8, 4) is 0 Å². The van der Waals surface area contributed by atoms with Gasteiger partial charge in [0, 0.05) is 35.3 Å². The first-order valence-electron chi connectivity index (χ1n) is 12.7. The Morgan fingerprint density at radius 2 is 1.74 bits per heavy atom. The summed E-state index contributed by atoms with van der Waals surface area (Å²) in [6.45, 7) is 0.731. The van der Waals surface area contributed by atoms with Crippen molar-refractivity contribution in [2.24, 2.45) is 11.8 Å². The highest BCUT2D eigenvalue weighted by Crippen LogP contribution is 2.51. The molecule has 3 heterocycles.